The lowest BCUT2D eigenvalue weighted by molar-refractivity contribution is -0.122. The fourth-order valence-corrected chi connectivity index (χ4v) is 3.55. The van der Waals surface area contributed by atoms with Gasteiger partial charge < -0.3 is 10.4 Å². The van der Waals surface area contributed by atoms with Crippen LogP contribution in [0, 0.1) is 5.92 Å². The third-order valence-corrected chi connectivity index (χ3v) is 4.71. The Morgan fingerprint density at radius 2 is 1.95 bits per heavy atom. The van der Waals surface area contributed by atoms with Crippen molar-refractivity contribution in [1.82, 2.24) is 5.32 Å². The molecule has 0 saturated carbocycles. The van der Waals surface area contributed by atoms with Gasteiger partial charge in [0, 0.05) is 13.0 Å². The number of hydrogen-bond acceptors (Lipinski definition) is 3. The fourth-order valence-electron chi connectivity index (χ4n) is 2.29. The maximum absolute atomic E-state index is 11.7. The molecule has 0 aromatic heterocycles. The van der Waals surface area contributed by atoms with Crippen LogP contribution in [0.15, 0.2) is 0 Å². The number of aliphatic hydroxyl groups is 1. The van der Waals surface area contributed by atoms with Crippen LogP contribution in [-0.4, -0.2) is 34.7 Å². The molecule has 0 bridgehead atoms. The van der Waals surface area contributed by atoms with Crippen LogP contribution in [0.2, 0.25) is 0 Å². The molecule has 1 amide bonds. The smallest absolute Gasteiger partial charge is 0.220 e. The molecule has 0 aliphatic carbocycles. The molecule has 4 heteroatoms. The number of carbonyl (C=O) groups excluding carboxylic acids is 1. The molecule has 19 heavy (non-hydrogen) atoms. The molecule has 112 valence electrons. The van der Waals surface area contributed by atoms with Gasteiger partial charge in [0.15, 0.2) is 0 Å². The molecule has 1 aliphatic heterocycles. The van der Waals surface area contributed by atoms with Crippen LogP contribution < -0.4 is 5.32 Å². The van der Waals surface area contributed by atoms with Crippen molar-refractivity contribution in [2.45, 2.75) is 64.4 Å². The predicted octanol–water partition coefficient (Wildman–Crippen LogP) is 2.97. The van der Waals surface area contributed by atoms with Crippen molar-refractivity contribution < 1.29 is 9.90 Å². The summed E-state index contributed by atoms with van der Waals surface area (Å²) in [7, 11) is 0. The molecule has 0 aromatic carbocycles. The van der Waals surface area contributed by atoms with Crippen LogP contribution in [0.5, 0.6) is 0 Å². The van der Waals surface area contributed by atoms with Gasteiger partial charge in [-0.2, -0.15) is 11.8 Å². The molecule has 1 aliphatic rings. The van der Waals surface area contributed by atoms with E-state index in [1.807, 2.05) is 11.8 Å². The van der Waals surface area contributed by atoms with Crippen LogP contribution in [0.3, 0.4) is 0 Å². The molecule has 2 N–H and O–H groups in total. The Morgan fingerprint density at radius 3 is 2.58 bits per heavy atom. The van der Waals surface area contributed by atoms with E-state index in [1.54, 1.807) is 0 Å². The summed E-state index contributed by atoms with van der Waals surface area (Å²) in [5, 5.41) is 13.2. The standard InChI is InChI=1S/C15H29NO2S/c1-13(2)6-4-3-5-7-14(17)16-12-15(18)8-10-19-11-9-15/h13,18H,3-12H2,1-2H3,(H,16,17). The number of unbranched alkanes of at least 4 members (excludes halogenated alkanes) is 2. The summed E-state index contributed by atoms with van der Waals surface area (Å²) in [6.45, 7) is 4.89. The number of carbonyl (C=O) groups is 1. The Balaban J connectivity index is 2.04. The molecule has 0 radical (unpaired) electrons. The van der Waals surface area contributed by atoms with E-state index in [4.69, 9.17) is 0 Å². The van der Waals surface area contributed by atoms with E-state index in [0.717, 1.165) is 43.1 Å². The average Bonchev–Trinajstić information content (AvgIpc) is 2.37. The van der Waals surface area contributed by atoms with Crippen molar-refractivity contribution in [3.05, 3.63) is 0 Å². The van der Waals surface area contributed by atoms with Gasteiger partial charge in [-0.15, -0.1) is 0 Å². The Bertz CT molecular complexity index is 263. The van der Waals surface area contributed by atoms with Crippen LogP contribution in [0.25, 0.3) is 0 Å². The molecule has 0 unspecified atom stereocenters. The molecule has 0 atom stereocenters. The molecular weight excluding hydrogens is 258 g/mol. The second-order valence-corrected chi connectivity index (χ2v) is 7.33. The van der Waals surface area contributed by atoms with Gasteiger partial charge in [0.05, 0.1) is 5.60 Å². The lowest BCUT2D eigenvalue weighted by Gasteiger charge is -2.31. The number of nitrogens with one attached hydrogen (secondary N) is 1. The van der Waals surface area contributed by atoms with Crippen LogP contribution in [0.4, 0.5) is 0 Å². The van der Waals surface area contributed by atoms with Crippen molar-refractivity contribution in [1.29, 1.82) is 0 Å². The molecule has 3 nitrogen and oxygen atoms in total. The van der Waals surface area contributed by atoms with E-state index >= 15 is 0 Å². The first-order chi connectivity index (χ1) is 9.02. The van der Waals surface area contributed by atoms with Crippen molar-refractivity contribution >= 4 is 17.7 Å². The third-order valence-electron chi connectivity index (χ3n) is 3.72. The summed E-state index contributed by atoms with van der Waals surface area (Å²) in [6.07, 6.45) is 6.76. The quantitative estimate of drug-likeness (QED) is 0.675. The van der Waals surface area contributed by atoms with E-state index in [-0.39, 0.29) is 5.91 Å². The zero-order valence-electron chi connectivity index (χ0n) is 12.4. The molecular formula is C15H29NO2S. The Hall–Kier alpha value is -0.220. The zero-order chi connectivity index (χ0) is 14.1. The van der Waals surface area contributed by atoms with Crippen LogP contribution in [-0.2, 0) is 4.79 Å². The number of rotatable bonds is 8. The summed E-state index contributed by atoms with van der Waals surface area (Å²) >= 11 is 1.88. The molecule has 0 aromatic rings. The van der Waals surface area contributed by atoms with Gasteiger partial charge in [-0.05, 0) is 36.7 Å². The maximum Gasteiger partial charge on any atom is 0.220 e. The highest BCUT2D eigenvalue weighted by Gasteiger charge is 2.29. The fraction of sp³-hybridized carbons (Fsp3) is 0.933. The van der Waals surface area contributed by atoms with Crippen LogP contribution >= 0.6 is 11.8 Å². The molecule has 1 heterocycles. The van der Waals surface area contributed by atoms with Crippen molar-refractivity contribution in [3.63, 3.8) is 0 Å². The Kier molecular flexibility index (Phi) is 7.84. The summed E-state index contributed by atoms with van der Waals surface area (Å²) in [4.78, 5) is 11.7. The van der Waals surface area contributed by atoms with Crippen molar-refractivity contribution in [2.24, 2.45) is 5.92 Å². The van der Waals surface area contributed by atoms with Gasteiger partial charge in [0.2, 0.25) is 5.91 Å². The first kappa shape index (κ1) is 16.8. The highest BCUT2D eigenvalue weighted by molar-refractivity contribution is 7.99. The van der Waals surface area contributed by atoms with E-state index in [9.17, 15) is 9.90 Å². The number of amides is 1. The van der Waals surface area contributed by atoms with Crippen LogP contribution in [0.1, 0.15) is 58.8 Å². The SMILES string of the molecule is CC(C)CCCCCC(=O)NCC1(O)CCSCC1. The predicted molar refractivity (Wildman–Crippen MR) is 82.4 cm³/mol. The third kappa shape index (κ3) is 7.83. The largest absolute Gasteiger partial charge is 0.388 e. The second-order valence-electron chi connectivity index (χ2n) is 6.11. The summed E-state index contributed by atoms with van der Waals surface area (Å²) in [6, 6.07) is 0. The minimum atomic E-state index is -0.654. The van der Waals surface area contributed by atoms with Crippen molar-refractivity contribution in [3.8, 4) is 0 Å². The summed E-state index contributed by atoms with van der Waals surface area (Å²) in [5.41, 5.74) is -0.654. The molecule has 1 rings (SSSR count). The monoisotopic (exact) mass is 287 g/mol. The Morgan fingerprint density at radius 1 is 1.26 bits per heavy atom. The topological polar surface area (TPSA) is 49.3 Å². The van der Waals surface area contributed by atoms with Gasteiger partial charge >= 0.3 is 0 Å². The van der Waals surface area contributed by atoms with Gasteiger partial charge in [-0.1, -0.05) is 33.1 Å². The minimum Gasteiger partial charge on any atom is -0.388 e. The normalized spacial score (nSPS) is 18.5. The van der Waals surface area contributed by atoms with Gasteiger partial charge in [-0.3, -0.25) is 4.79 Å². The van der Waals surface area contributed by atoms with E-state index in [0.29, 0.717) is 13.0 Å². The molecule has 1 saturated heterocycles. The zero-order valence-corrected chi connectivity index (χ0v) is 13.2. The van der Waals surface area contributed by atoms with Gasteiger partial charge in [-0.25, -0.2) is 0 Å². The van der Waals surface area contributed by atoms with Gasteiger partial charge in [0.25, 0.3) is 0 Å². The lowest BCUT2D eigenvalue weighted by Crippen LogP contribution is -2.45. The minimum absolute atomic E-state index is 0.0937. The molecule has 1 fully saturated rings. The maximum atomic E-state index is 11.7. The highest BCUT2D eigenvalue weighted by atomic mass is 32.2. The summed E-state index contributed by atoms with van der Waals surface area (Å²) < 4.78 is 0. The van der Waals surface area contributed by atoms with Gasteiger partial charge in [0.1, 0.15) is 0 Å². The second kappa shape index (κ2) is 8.85. The lowest BCUT2D eigenvalue weighted by atomic mass is 9.97. The number of thioether (sulfide) groups is 1. The van der Waals surface area contributed by atoms with Crippen molar-refractivity contribution in [2.75, 3.05) is 18.1 Å². The first-order valence-corrected chi connectivity index (χ1v) is 8.74. The van der Waals surface area contributed by atoms with E-state index in [1.165, 1.54) is 12.8 Å². The summed E-state index contributed by atoms with van der Waals surface area (Å²) in [5.74, 6) is 2.85. The first-order valence-electron chi connectivity index (χ1n) is 7.59. The highest BCUT2D eigenvalue weighted by Crippen LogP contribution is 2.26. The van der Waals surface area contributed by atoms with E-state index in [2.05, 4.69) is 19.2 Å². The average molecular weight is 287 g/mol. The van der Waals surface area contributed by atoms with E-state index < -0.39 is 5.60 Å². The number of hydrogen-bond donors (Lipinski definition) is 2. The molecule has 0 spiro atoms. The Labute approximate surface area is 121 Å².